The van der Waals surface area contributed by atoms with Gasteiger partial charge in [-0.3, -0.25) is 4.79 Å². The minimum atomic E-state index is -0.718. The number of carbonyl (C=O) groups excluding carboxylic acids is 1. The number of rotatable bonds is 7. The summed E-state index contributed by atoms with van der Waals surface area (Å²) in [5.41, 5.74) is 6.74. The van der Waals surface area contributed by atoms with E-state index in [0.717, 1.165) is 30.6 Å². The number of nitrogens with two attached hydrogens (primary N) is 1. The lowest BCUT2D eigenvalue weighted by Gasteiger charge is -2.17. The Bertz CT molecular complexity index is 501. The quantitative estimate of drug-likeness (QED) is 0.718. The molecule has 2 rings (SSSR count). The van der Waals surface area contributed by atoms with E-state index in [1.807, 2.05) is 38.1 Å². The van der Waals surface area contributed by atoms with Crippen molar-refractivity contribution in [1.82, 2.24) is 5.32 Å². The second-order valence-electron chi connectivity index (χ2n) is 6.61. The van der Waals surface area contributed by atoms with Gasteiger partial charge in [-0.25, -0.2) is 0 Å². The van der Waals surface area contributed by atoms with Gasteiger partial charge in [0.05, 0.1) is 12.2 Å². The summed E-state index contributed by atoms with van der Waals surface area (Å²) >= 11 is 0. The van der Waals surface area contributed by atoms with Crippen molar-refractivity contribution in [2.45, 2.75) is 57.8 Å². The van der Waals surface area contributed by atoms with Crippen LogP contribution in [0.1, 0.15) is 51.2 Å². The Balaban J connectivity index is 1.77. The summed E-state index contributed by atoms with van der Waals surface area (Å²) < 4.78 is 5.57. The highest BCUT2D eigenvalue weighted by Gasteiger charge is 2.26. The third-order valence-electron chi connectivity index (χ3n) is 4.29. The van der Waals surface area contributed by atoms with Crippen molar-refractivity contribution in [2.75, 3.05) is 6.54 Å². The second kappa shape index (κ2) is 8.31. The molecule has 1 aromatic carbocycles. The number of benzene rings is 1. The lowest BCUT2D eigenvalue weighted by atomic mass is 10.00. The maximum absolute atomic E-state index is 12.0. The standard InChI is InChI=1S/C18H28N2O3/c1-12(2)23-15-8-6-13(7-9-15)17(21)11-20-18(22)10-14-4-3-5-16(14)19/h6-9,12,14,16-17,21H,3-5,10-11,19H2,1-2H3,(H,20,22)/t14-,16+,17?/m0/s1. The Hall–Kier alpha value is -1.59. The van der Waals surface area contributed by atoms with Gasteiger partial charge in [-0.05, 0) is 50.3 Å². The third kappa shape index (κ3) is 5.52. The maximum Gasteiger partial charge on any atom is 0.220 e. The van der Waals surface area contributed by atoms with Crippen LogP contribution in [0.3, 0.4) is 0 Å². The topological polar surface area (TPSA) is 84.6 Å². The normalized spacial score (nSPS) is 22.1. The number of ether oxygens (including phenoxy) is 1. The Labute approximate surface area is 138 Å². The average Bonchev–Trinajstić information content (AvgIpc) is 2.90. The molecule has 1 aliphatic rings. The van der Waals surface area contributed by atoms with E-state index < -0.39 is 6.10 Å². The Morgan fingerprint density at radius 2 is 2.04 bits per heavy atom. The minimum absolute atomic E-state index is 0.0360. The molecular formula is C18H28N2O3. The van der Waals surface area contributed by atoms with E-state index in [4.69, 9.17) is 10.5 Å². The number of aliphatic hydroxyl groups excluding tert-OH is 1. The molecule has 0 radical (unpaired) electrons. The van der Waals surface area contributed by atoms with Crippen LogP contribution in [-0.4, -0.2) is 29.7 Å². The molecule has 0 spiro atoms. The predicted octanol–water partition coefficient (Wildman–Crippen LogP) is 2.14. The zero-order chi connectivity index (χ0) is 16.8. The van der Waals surface area contributed by atoms with Gasteiger partial charge in [-0.2, -0.15) is 0 Å². The Morgan fingerprint density at radius 1 is 1.35 bits per heavy atom. The summed E-state index contributed by atoms with van der Waals surface area (Å²) in [5.74, 6) is 1.01. The number of hydrogen-bond donors (Lipinski definition) is 3. The Kier molecular flexibility index (Phi) is 6.42. The van der Waals surface area contributed by atoms with E-state index >= 15 is 0 Å². The van der Waals surface area contributed by atoms with Gasteiger partial charge >= 0.3 is 0 Å². The largest absolute Gasteiger partial charge is 0.491 e. The molecule has 3 atom stereocenters. The van der Waals surface area contributed by atoms with Crippen LogP contribution in [0.5, 0.6) is 5.75 Å². The average molecular weight is 320 g/mol. The minimum Gasteiger partial charge on any atom is -0.491 e. The summed E-state index contributed by atoms with van der Waals surface area (Å²) in [6, 6.07) is 7.44. The molecule has 1 unspecified atom stereocenters. The first kappa shape index (κ1) is 17.8. The summed E-state index contributed by atoms with van der Waals surface area (Å²) in [5, 5.41) is 13.0. The smallest absolute Gasteiger partial charge is 0.220 e. The van der Waals surface area contributed by atoms with Gasteiger partial charge in [-0.15, -0.1) is 0 Å². The third-order valence-corrected chi connectivity index (χ3v) is 4.29. The monoisotopic (exact) mass is 320 g/mol. The maximum atomic E-state index is 12.0. The highest BCUT2D eigenvalue weighted by atomic mass is 16.5. The van der Waals surface area contributed by atoms with E-state index in [1.54, 1.807) is 0 Å². The summed E-state index contributed by atoms with van der Waals surface area (Å²) in [4.78, 5) is 12.0. The van der Waals surface area contributed by atoms with Crippen LogP contribution in [0.2, 0.25) is 0 Å². The fraction of sp³-hybridized carbons (Fsp3) is 0.611. The van der Waals surface area contributed by atoms with Crippen molar-refractivity contribution >= 4 is 5.91 Å². The van der Waals surface area contributed by atoms with E-state index in [0.29, 0.717) is 6.42 Å². The first-order valence-electron chi connectivity index (χ1n) is 8.42. The number of amides is 1. The summed E-state index contributed by atoms with van der Waals surface area (Å²) in [6.07, 6.45) is 2.98. The second-order valence-corrected chi connectivity index (χ2v) is 6.61. The van der Waals surface area contributed by atoms with Crippen LogP contribution in [0.4, 0.5) is 0 Å². The molecule has 0 aliphatic heterocycles. The van der Waals surface area contributed by atoms with E-state index in [1.165, 1.54) is 0 Å². The van der Waals surface area contributed by atoms with Crippen LogP contribution in [0.25, 0.3) is 0 Å². The molecule has 0 heterocycles. The van der Waals surface area contributed by atoms with Crippen molar-refractivity contribution in [2.24, 2.45) is 11.7 Å². The van der Waals surface area contributed by atoms with Crippen molar-refractivity contribution in [3.63, 3.8) is 0 Å². The highest BCUT2D eigenvalue weighted by molar-refractivity contribution is 5.76. The first-order valence-corrected chi connectivity index (χ1v) is 8.42. The molecule has 0 saturated heterocycles. The lowest BCUT2D eigenvalue weighted by Crippen LogP contribution is -2.33. The van der Waals surface area contributed by atoms with Crippen LogP contribution < -0.4 is 15.8 Å². The Morgan fingerprint density at radius 3 is 2.61 bits per heavy atom. The summed E-state index contributed by atoms with van der Waals surface area (Å²) in [6.45, 7) is 4.15. The molecule has 4 N–H and O–H groups in total. The number of carbonyl (C=O) groups is 1. The van der Waals surface area contributed by atoms with Crippen molar-refractivity contribution < 1.29 is 14.6 Å². The fourth-order valence-electron chi connectivity index (χ4n) is 3.00. The van der Waals surface area contributed by atoms with E-state index in [2.05, 4.69) is 5.32 Å². The molecule has 1 amide bonds. The van der Waals surface area contributed by atoms with E-state index in [-0.39, 0.29) is 30.5 Å². The molecule has 1 fully saturated rings. The van der Waals surface area contributed by atoms with Gasteiger partial charge in [0, 0.05) is 19.0 Å². The molecule has 0 aromatic heterocycles. The number of aliphatic hydroxyl groups is 1. The van der Waals surface area contributed by atoms with Crippen molar-refractivity contribution in [3.05, 3.63) is 29.8 Å². The SMILES string of the molecule is CC(C)Oc1ccc(C(O)CNC(=O)C[C@@H]2CCC[C@H]2N)cc1. The first-order chi connectivity index (χ1) is 11.0. The molecule has 1 saturated carbocycles. The highest BCUT2D eigenvalue weighted by Crippen LogP contribution is 2.26. The van der Waals surface area contributed by atoms with Gasteiger partial charge in [0.1, 0.15) is 5.75 Å². The zero-order valence-corrected chi connectivity index (χ0v) is 14.0. The molecule has 23 heavy (non-hydrogen) atoms. The van der Waals surface area contributed by atoms with Crippen molar-refractivity contribution in [1.29, 1.82) is 0 Å². The van der Waals surface area contributed by atoms with Crippen LogP contribution >= 0.6 is 0 Å². The molecule has 0 bridgehead atoms. The van der Waals surface area contributed by atoms with Crippen LogP contribution in [0.15, 0.2) is 24.3 Å². The molecule has 1 aromatic rings. The van der Waals surface area contributed by atoms with Gasteiger partial charge in [0.15, 0.2) is 0 Å². The molecule has 128 valence electrons. The molecule has 1 aliphatic carbocycles. The van der Waals surface area contributed by atoms with Gasteiger partial charge in [0.25, 0.3) is 0 Å². The van der Waals surface area contributed by atoms with Crippen molar-refractivity contribution in [3.8, 4) is 5.75 Å². The molecular weight excluding hydrogens is 292 g/mol. The molecule has 5 heteroatoms. The van der Waals surface area contributed by atoms with Gasteiger partial charge in [-0.1, -0.05) is 18.6 Å². The lowest BCUT2D eigenvalue weighted by molar-refractivity contribution is -0.122. The zero-order valence-electron chi connectivity index (χ0n) is 14.0. The summed E-state index contributed by atoms with van der Waals surface area (Å²) in [7, 11) is 0. The van der Waals surface area contributed by atoms with Gasteiger partial charge in [0.2, 0.25) is 5.91 Å². The number of hydrogen-bond acceptors (Lipinski definition) is 4. The van der Waals surface area contributed by atoms with Crippen LogP contribution in [-0.2, 0) is 4.79 Å². The van der Waals surface area contributed by atoms with Crippen LogP contribution in [0, 0.1) is 5.92 Å². The predicted molar refractivity (Wildman–Crippen MR) is 90.1 cm³/mol. The van der Waals surface area contributed by atoms with E-state index in [9.17, 15) is 9.90 Å². The fourth-order valence-corrected chi connectivity index (χ4v) is 3.00. The number of nitrogens with one attached hydrogen (secondary N) is 1. The molecule has 5 nitrogen and oxygen atoms in total. The van der Waals surface area contributed by atoms with Gasteiger partial charge < -0.3 is 20.9 Å².